The molecule has 0 spiro atoms. The maximum Gasteiger partial charge on any atom is 0.410 e. The molecule has 2 amide bonds. The van der Waals surface area contributed by atoms with E-state index in [9.17, 15) is 19.8 Å². The second kappa shape index (κ2) is 9.59. The third kappa shape index (κ3) is 6.18. The fourth-order valence-electron chi connectivity index (χ4n) is 3.57. The van der Waals surface area contributed by atoms with E-state index < -0.39 is 36.0 Å². The highest BCUT2D eigenvalue weighted by atomic mass is 16.6. The van der Waals surface area contributed by atoms with Crippen LogP contribution in [0.15, 0.2) is 30.3 Å². The number of carbonyl (C=O) groups excluding carboxylic acids is 2. The second-order valence-corrected chi connectivity index (χ2v) is 8.76. The minimum absolute atomic E-state index is 0.119. The highest BCUT2D eigenvalue weighted by molar-refractivity contribution is 5.77. The molecule has 1 aromatic carbocycles. The number of rotatable bonds is 6. The number of carbonyl (C=O) groups is 2. The lowest BCUT2D eigenvalue weighted by Gasteiger charge is -2.33. The largest absolute Gasteiger partial charge is 0.444 e. The number of hydrogen-bond donors (Lipinski definition) is 2. The van der Waals surface area contributed by atoms with Gasteiger partial charge in [0.2, 0.25) is 5.91 Å². The summed E-state index contributed by atoms with van der Waals surface area (Å²) in [4.78, 5) is 28.1. The molecule has 0 aromatic heterocycles. The molecule has 1 fully saturated rings. The number of benzene rings is 1. The Hall–Kier alpha value is -2.12. The second-order valence-electron chi connectivity index (χ2n) is 8.76. The molecule has 162 valence electrons. The summed E-state index contributed by atoms with van der Waals surface area (Å²) in [6.07, 6.45) is -1.01. The summed E-state index contributed by atoms with van der Waals surface area (Å²) in [7, 11) is 1.62. The molecule has 7 nitrogen and oxygen atoms in total. The van der Waals surface area contributed by atoms with Crippen LogP contribution in [0.25, 0.3) is 0 Å². The van der Waals surface area contributed by atoms with Gasteiger partial charge in [0.15, 0.2) is 0 Å². The van der Waals surface area contributed by atoms with Crippen LogP contribution in [0.4, 0.5) is 4.79 Å². The van der Waals surface area contributed by atoms with Gasteiger partial charge in [-0.25, -0.2) is 4.79 Å². The van der Waals surface area contributed by atoms with Gasteiger partial charge in [-0.1, -0.05) is 30.3 Å². The van der Waals surface area contributed by atoms with Crippen LogP contribution in [0, 0.1) is 0 Å². The average Bonchev–Trinajstić information content (AvgIpc) is 3.15. The first-order chi connectivity index (χ1) is 13.5. The number of ether oxygens (including phenoxy) is 1. The van der Waals surface area contributed by atoms with Gasteiger partial charge < -0.3 is 24.7 Å². The number of hydrogen-bond acceptors (Lipinski definition) is 5. The summed E-state index contributed by atoms with van der Waals surface area (Å²) in [5, 5.41) is 21.2. The molecule has 2 N–H and O–H groups in total. The van der Waals surface area contributed by atoms with E-state index in [1.807, 2.05) is 30.3 Å². The average molecular weight is 407 g/mol. The van der Waals surface area contributed by atoms with Gasteiger partial charge in [-0.2, -0.15) is 0 Å². The van der Waals surface area contributed by atoms with Gasteiger partial charge in [-0.15, -0.1) is 0 Å². The SMILES string of the molecule is C[C@@H]([C@@H](O)c1ccccc1)N(C)C(=O)CC(O)[C@H]1CCCN1C(=O)OC(C)(C)C. The fraction of sp³-hybridized carbons (Fsp3) is 0.636. The van der Waals surface area contributed by atoms with Crippen molar-refractivity contribution in [1.29, 1.82) is 0 Å². The van der Waals surface area contributed by atoms with E-state index in [0.717, 1.165) is 12.0 Å². The molecule has 1 aliphatic rings. The summed E-state index contributed by atoms with van der Waals surface area (Å²) in [5.74, 6) is -0.281. The van der Waals surface area contributed by atoms with Gasteiger partial charge in [-0.05, 0) is 46.1 Å². The van der Waals surface area contributed by atoms with Crippen molar-refractivity contribution in [1.82, 2.24) is 9.80 Å². The lowest BCUT2D eigenvalue weighted by Crippen LogP contribution is -2.47. The number of amides is 2. The van der Waals surface area contributed by atoms with Gasteiger partial charge in [-0.3, -0.25) is 4.79 Å². The van der Waals surface area contributed by atoms with E-state index in [4.69, 9.17) is 4.74 Å². The Labute approximate surface area is 173 Å². The molecule has 0 bridgehead atoms. The molecular weight excluding hydrogens is 372 g/mol. The quantitative estimate of drug-likeness (QED) is 0.758. The topological polar surface area (TPSA) is 90.3 Å². The van der Waals surface area contributed by atoms with Crippen LogP contribution in [0.3, 0.4) is 0 Å². The molecule has 29 heavy (non-hydrogen) atoms. The van der Waals surface area contributed by atoms with Crippen LogP contribution in [-0.4, -0.2) is 69.4 Å². The predicted octanol–water partition coefficient (Wildman–Crippen LogP) is 2.72. The Morgan fingerprint density at radius 1 is 1.24 bits per heavy atom. The van der Waals surface area contributed by atoms with Crippen LogP contribution in [0.1, 0.15) is 58.6 Å². The van der Waals surface area contributed by atoms with E-state index >= 15 is 0 Å². The molecule has 0 aliphatic carbocycles. The van der Waals surface area contributed by atoms with Crippen molar-refractivity contribution in [2.45, 2.75) is 76.9 Å². The minimum Gasteiger partial charge on any atom is -0.444 e. The van der Waals surface area contributed by atoms with Gasteiger partial charge in [0, 0.05) is 13.6 Å². The van der Waals surface area contributed by atoms with Crippen molar-refractivity contribution < 1.29 is 24.5 Å². The Balaban J connectivity index is 1.97. The maximum atomic E-state index is 12.7. The Morgan fingerprint density at radius 2 is 1.86 bits per heavy atom. The summed E-state index contributed by atoms with van der Waals surface area (Å²) in [6.45, 7) is 7.66. The zero-order valence-electron chi connectivity index (χ0n) is 18.0. The van der Waals surface area contributed by atoms with Gasteiger partial charge in [0.25, 0.3) is 0 Å². The molecule has 0 saturated carbocycles. The molecule has 4 atom stereocenters. The van der Waals surface area contributed by atoms with Crippen molar-refractivity contribution >= 4 is 12.0 Å². The van der Waals surface area contributed by atoms with Gasteiger partial charge in [0.05, 0.1) is 30.7 Å². The number of likely N-dealkylation sites (tertiary alicyclic amines) is 1. The van der Waals surface area contributed by atoms with E-state index in [1.54, 1.807) is 34.7 Å². The van der Waals surface area contributed by atoms with Gasteiger partial charge in [0.1, 0.15) is 5.60 Å². The van der Waals surface area contributed by atoms with E-state index in [0.29, 0.717) is 13.0 Å². The molecular formula is C22H34N2O5. The smallest absolute Gasteiger partial charge is 0.410 e. The third-order valence-electron chi connectivity index (χ3n) is 5.36. The Morgan fingerprint density at radius 3 is 2.45 bits per heavy atom. The molecule has 1 aromatic rings. The molecule has 2 rings (SSSR count). The molecule has 1 saturated heterocycles. The predicted molar refractivity (Wildman–Crippen MR) is 110 cm³/mol. The monoisotopic (exact) mass is 406 g/mol. The lowest BCUT2D eigenvalue weighted by atomic mass is 10.0. The molecule has 7 heteroatoms. The highest BCUT2D eigenvalue weighted by Crippen LogP contribution is 2.26. The number of nitrogens with zero attached hydrogens (tertiary/aromatic N) is 2. The highest BCUT2D eigenvalue weighted by Gasteiger charge is 2.38. The minimum atomic E-state index is -0.985. The lowest BCUT2D eigenvalue weighted by molar-refractivity contribution is -0.136. The molecule has 0 radical (unpaired) electrons. The maximum absolute atomic E-state index is 12.7. The van der Waals surface area contributed by atoms with E-state index in [2.05, 4.69) is 0 Å². The van der Waals surface area contributed by atoms with Crippen molar-refractivity contribution in [2.24, 2.45) is 0 Å². The molecule has 1 unspecified atom stereocenters. The molecule has 1 heterocycles. The first-order valence-corrected chi connectivity index (χ1v) is 10.2. The van der Waals surface area contributed by atoms with Crippen LogP contribution >= 0.6 is 0 Å². The molecule has 1 aliphatic heterocycles. The number of aliphatic hydroxyl groups excluding tert-OH is 2. The van der Waals surface area contributed by atoms with Crippen LogP contribution in [0.5, 0.6) is 0 Å². The van der Waals surface area contributed by atoms with Crippen molar-refractivity contribution in [2.75, 3.05) is 13.6 Å². The van der Waals surface area contributed by atoms with Crippen molar-refractivity contribution in [3.8, 4) is 0 Å². The van der Waals surface area contributed by atoms with Gasteiger partial charge >= 0.3 is 6.09 Å². The van der Waals surface area contributed by atoms with E-state index in [-0.39, 0.29) is 12.3 Å². The zero-order valence-corrected chi connectivity index (χ0v) is 18.0. The van der Waals surface area contributed by atoms with Crippen molar-refractivity contribution in [3.63, 3.8) is 0 Å². The summed E-state index contributed by atoms with van der Waals surface area (Å²) >= 11 is 0. The first-order valence-electron chi connectivity index (χ1n) is 10.2. The Kier molecular flexibility index (Phi) is 7.66. The standard InChI is InChI=1S/C22H34N2O5/c1-15(20(27)16-10-7-6-8-11-16)23(5)19(26)14-18(25)17-12-9-13-24(17)21(28)29-22(2,3)4/h6-8,10-11,15,17-18,20,25,27H,9,12-14H2,1-5H3/t15-,17+,18?,20+/m0/s1. The third-order valence-corrected chi connectivity index (χ3v) is 5.36. The fourth-order valence-corrected chi connectivity index (χ4v) is 3.57. The summed E-state index contributed by atoms with van der Waals surface area (Å²) < 4.78 is 5.42. The number of aliphatic hydroxyl groups is 2. The van der Waals surface area contributed by atoms with Crippen LogP contribution < -0.4 is 0 Å². The first kappa shape index (κ1) is 23.2. The summed E-state index contributed by atoms with van der Waals surface area (Å²) in [5.41, 5.74) is 0.112. The summed E-state index contributed by atoms with van der Waals surface area (Å²) in [6, 6.07) is 8.25. The Bertz CT molecular complexity index is 688. The van der Waals surface area contributed by atoms with Crippen molar-refractivity contribution in [3.05, 3.63) is 35.9 Å². The van der Waals surface area contributed by atoms with Crippen LogP contribution in [0.2, 0.25) is 0 Å². The van der Waals surface area contributed by atoms with E-state index in [1.165, 1.54) is 9.80 Å². The normalized spacial score (nSPS) is 20.1. The number of likely N-dealkylation sites (N-methyl/N-ethyl adjacent to an activating group) is 1. The zero-order chi connectivity index (χ0) is 21.8. The van der Waals surface area contributed by atoms with Crippen LogP contribution in [-0.2, 0) is 9.53 Å².